The molecule has 32 heavy (non-hydrogen) atoms. The van der Waals surface area contributed by atoms with E-state index in [-0.39, 0.29) is 11.6 Å². The Morgan fingerprint density at radius 2 is 0.719 bits per heavy atom. The molecule has 0 saturated heterocycles. The molecule has 0 N–H and O–H groups in total. The lowest BCUT2D eigenvalue weighted by atomic mass is 9.75. The first-order valence-electron chi connectivity index (χ1n) is 11.0. The van der Waals surface area contributed by atoms with Crippen molar-refractivity contribution in [1.29, 1.82) is 0 Å². The standard InChI is InChI=1S/C30H26O2/c31-29(25-17-9-3-10-18-25)27(21-23-13-5-1-6-14-23)28(22-24-15-7-2-8-16-24)30(32)26-19-11-4-12-20-26/h1-20,27-28H,21-22H2/t27-,28+. The van der Waals surface area contributed by atoms with E-state index in [2.05, 4.69) is 0 Å². The Morgan fingerprint density at radius 1 is 0.438 bits per heavy atom. The summed E-state index contributed by atoms with van der Waals surface area (Å²) in [4.78, 5) is 27.5. The molecular formula is C30H26O2. The lowest BCUT2D eigenvalue weighted by Crippen LogP contribution is -2.33. The number of hydrogen-bond acceptors (Lipinski definition) is 2. The maximum absolute atomic E-state index is 13.8. The van der Waals surface area contributed by atoms with Crippen LogP contribution in [0.4, 0.5) is 0 Å². The molecule has 0 aliphatic carbocycles. The summed E-state index contributed by atoms with van der Waals surface area (Å²) in [7, 11) is 0. The quantitative estimate of drug-likeness (QED) is 0.292. The minimum absolute atomic E-state index is 0.0136. The van der Waals surface area contributed by atoms with Gasteiger partial charge in [0.1, 0.15) is 0 Å². The van der Waals surface area contributed by atoms with Crippen LogP contribution in [0.3, 0.4) is 0 Å². The largest absolute Gasteiger partial charge is 0.294 e. The smallest absolute Gasteiger partial charge is 0.167 e. The number of hydrogen-bond donors (Lipinski definition) is 0. The van der Waals surface area contributed by atoms with Crippen LogP contribution >= 0.6 is 0 Å². The fraction of sp³-hybridized carbons (Fsp3) is 0.133. The Balaban J connectivity index is 1.77. The van der Waals surface area contributed by atoms with E-state index in [0.29, 0.717) is 24.0 Å². The van der Waals surface area contributed by atoms with Gasteiger partial charge >= 0.3 is 0 Å². The lowest BCUT2D eigenvalue weighted by Gasteiger charge is -2.26. The van der Waals surface area contributed by atoms with Crippen LogP contribution in [-0.4, -0.2) is 11.6 Å². The molecule has 0 bridgehead atoms. The van der Waals surface area contributed by atoms with E-state index in [4.69, 9.17) is 0 Å². The topological polar surface area (TPSA) is 34.1 Å². The highest BCUT2D eigenvalue weighted by Gasteiger charge is 2.34. The first-order chi connectivity index (χ1) is 15.7. The van der Waals surface area contributed by atoms with Crippen molar-refractivity contribution in [2.45, 2.75) is 12.8 Å². The van der Waals surface area contributed by atoms with Gasteiger partial charge < -0.3 is 0 Å². The second-order valence-corrected chi connectivity index (χ2v) is 8.05. The Kier molecular flexibility index (Phi) is 7.04. The second kappa shape index (κ2) is 10.5. The summed E-state index contributed by atoms with van der Waals surface area (Å²) in [6.07, 6.45) is 1.04. The molecule has 0 saturated carbocycles. The highest BCUT2D eigenvalue weighted by molar-refractivity contribution is 6.05. The maximum Gasteiger partial charge on any atom is 0.167 e. The van der Waals surface area contributed by atoms with Gasteiger partial charge in [-0.2, -0.15) is 0 Å². The average Bonchev–Trinajstić information content (AvgIpc) is 2.87. The molecule has 0 aliphatic rings. The van der Waals surface area contributed by atoms with Crippen LogP contribution < -0.4 is 0 Å². The van der Waals surface area contributed by atoms with Crippen molar-refractivity contribution < 1.29 is 9.59 Å². The van der Waals surface area contributed by atoms with E-state index < -0.39 is 11.8 Å². The molecule has 4 rings (SSSR count). The summed E-state index contributed by atoms with van der Waals surface area (Å²) < 4.78 is 0. The van der Waals surface area contributed by atoms with Gasteiger partial charge in [-0.25, -0.2) is 0 Å². The average molecular weight is 419 g/mol. The van der Waals surface area contributed by atoms with Crippen LogP contribution in [0.1, 0.15) is 31.8 Å². The molecule has 2 nitrogen and oxygen atoms in total. The molecule has 0 aliphatic heterocycles. The van der Waals surface area contributed by atoms with E-state index in [1.165, 1.54) is 0 Å². The Bertz CT molecular complexity index is 1040. The van der Waals surface area contributed by atoms with Gasteiger partial charge in [-0.05, 0) is 24.0 Å². The second-order valence-electron chi connectivity index (χ2n) is 8.05. The molecule has 158 valence electrons. The number of rotatable bonds is 9. The first kappa shape index (κ1) is 21.5. The van der Waals surface area contributed by atoms with Gasteiger partial charge in [-0.15, -0.1) is 0 Å². The molecule has 0 amide bonds. The van der Waals surface area contributed by atoms with E-state index >= 15 is 0 Å². The molecule has 0 spiro atoms. The van der Waals surface area contributed by atoms with Crippen molar-refractivity contribution in [1.82, 2.24) is 0 Å². The van der Waals surface area contributed by atoms with Gasteiger partial charge in [-0.3, -0.25) is 9.59 Å². The summed E-state index contributed by atoms with van der Waals surface area (Å²) in [6.45, 7) is 0. The van der Waals surface area contributed by atoms with Crippen molar-refractivity contribution in [3.8, 4) is 0 Å². The van der Waals surface area contributed by atoms with Crippen molar-refractivity contribution in [2.24, 2.45) is 11.8 Å². The van der Waals surface area contributed by atoms with Gasteiger partial charge in [0.15, 0.2) is 11.6 Å². The zero-order valence-electron chi connectivity index (χ0n) is 17.9. The molecular weight excluding hydrogens is 392 g/mol. The maximum atomic E-state index is 13.8. The third-order valence-electron chi connectivity index (χ3n) is 5.87. The molecule has 4 aromatic carbocycles. The molecule has 0 unspecified atom stereocenters. The van der Waals surface area contributed by atoms with Gasteiger partial charge in [0, 0.05) is 23.0 Å². The van der Waals surface area contributed by atoms with E-state index in [9.17, 15) is 9.59 Å². The van der Waals surface area contributed by atoms with Crippen molar-refractivity contribution in [3.05, 3.63) is 144 Å². The minimum Gasteiger partial charge on any atom is -0.294 e. The van der Waals surface area contributed by atoms with Crippen molar-refractivity contribution >= 4 is 11.6 Å². The Hall–Kier alpha value is -3.78. The fourth-order valence-electron chi connectivity index (χ4n) is 4.20. The number of benzene rings is 4. The van der Waals surface area contributed by atoms with E-state index in [1.807, 2.05) is 121 Å². The Labute approximate surface area is 189 Å². The molecule has 2 atom stereocenters. The van der Waals surface area contributed by atoms with Crippen LogP contribution in [0.25, 0.3) is 0 Å². The van der Waals surface area contributed by atoms with Gasteiger partial charge in [0.05, 0.1) is 0 Å². The molecule has 2 heteroatoms. The molecule has 0 radical (unpaired) electrons. The Morgan fingerprint density at radius 3 is 1.03 bits per heavy atom. The van der Waals surface area contributed by atoms with Gasteiger partial charge in [-0.1, -0.05) is 121 Å². The van der Waals surface area contributed by atoms with Crippen LogP contribution in [0.5, 0.6) is 0 Å². The van der Waals surface area contributed by atoms with Gasteiger partial charge in [0.25, 0.3) is 0 Å². The van der Waals surface area contributed by atoms with Crippen molar-refractivity contribution in [2.75, 3.05) is 0 Å². The lowest BCUT2D eigenvalue weighted by molar-refractivity contribution is 0.0763. The number of carbonyl (C=O) groups excluding carboxylic acids is 2. The fourth-order valence-corrected chi connectivity index (χ4v) is 4.20. The van der Waals surface area contributed by atoms with Crippen LogP contribution in [0, 0.1) is 11.8 Å². The predicted octanol–water partition coefficient (Wildman–Crippen LogP) is 6.47. The first-order valence-corrected chi connectivity index (χ1v) is 11.0. The number of carbonyl (C=O) groups is 2. The highest BCUT2D eigenvalue weighted by atomic mass is 16.1. The van der Waals surface area contributed by atoms with Crippen LogP contribution in [0.15, 0.2) is 121 Å². The third kappa shape index (κ3) is 5.28. The van der Waals surface area contributed by atoms with Gasteiger partial charge in [0.2, 0.25) is 0 Å². The highest BCUT2D eigenvalue weighted by Crippen LogP contribution is 2.29. The van der Waals surface area contributed by atoms with E-state index in [1.54, 1.807) is 0 Å². The summed E-state index contributed by atoms with van der Waals surface area (Å²) in [6, 6.07) is 38.6. The van der Waals surface area contributed by atoms with Crippen molar-refractivity contribution in [3.63, 3.8) is 0 Å². The summed E-state index contributed by atoms with van der Waals surface area (Å²) in [5.74, 6) is -0.903. The minimum atomic E-state index is -0.465. The van der Waals surface area contributed by atoms with Crippen LogP contribution in [0.2, 0.25) is 0 Å². The monoisotopic (exact) mass is 418 g/mol. The zero-order valence-corrected chi connectivity index (χ0v) is 17.9. The molecule has 0 heterocycles. The predicted molar refractivity (Wildman–Crippen MR) is 129 cm³/mol. The third-order valence-corrected chi connectivity index (χ3v) is 5.87. The SMILES string of the molecule is O=C(c1ccccc1)[C@@H](Cc1ccccc1)[C@@H](Cc1ccccc1)C(=O)c1ccccc1. The zero-order chi connectivity index (χ0) is 22.2. The normalized spacial score (nSPS) is 12.6. The molecule has 0 fully saturated rings. The number of ketones is 2. The summed E-state index contributed by atoms with van der Waals surface area (Å²) in [5.41, 5.74) is 3.40. The molecule has 0 aromatic heterocycles. The summed E-state index contributed by atoms with van der Waals surface area (Å²) in [5, 5.41) is 0. The number of Topliss-reactive ketones (excluding diaryl/α,β-unsaturated/α-hetero) is 2. The van der Waals surface area contributed by atoms with Crippen LogP contribution in [-0.2, 0) is 12.8 Å². The van der Waals surface area contributed by atoms with E-state index in [0.717, 1.165) is 11.1 Å². The summed E-state index contributed by atoms with van der Waals surface area (Å²) >= 11 is 0. The molecule has 4 aromatic rings.